The molecule has 1 aliphatic heterocycles. The first-order valence-corrected chi connectivity index (χ1v) is 9.05. The molecule has 0 unspecified atom stereocenters. The average Bonchev–Trinajstić information content (AvgIpc) is 3.09. The molecular formula is C15H23N3O4S. The number of sulfonamides is 1. The van der Waals surface area contributed by atoms with Gasteiger partial charge in [-0.2, -0.15) is 4.31 Å². The van der Waals surface area contributed by atoms with E-state index in [1.54, 1.807) is 13.1 Å². The Hall–Kier alpha value is -1.64. The lowest BCUT2D eigenvalue weighted by atomic mass is 10.2. The standard InChI is InChI=1S/C15H23N3O4S/c1-16-7-8-17-15(19)12-5-6-13(22-2)14(11-12)23(20,21)18-9-3-4-10-18/h5-6,11,16H,3-4,7-10H2,1-2H3,(H,17,19). The summed E-state index contributed by atoms with van der Waals surface area (Å²) in [5, 5.41) is 5.66. The number of carbonyl (C=O) groups excluding carboxylic acids is 1. The Labute approximate surface area is 137 Å². The van der Waals surface area contributed by atoms with Crippen LogP contribution in [0.15, 0.2) is 23.1 Å². The summed E-state index contributed by atoms with van der Waals surface area (Å²) in [6.07, 6.45) is 1.71. The second-order valence-electron chi connectivity index (χ2n) is 5.34. The van der Waals surface area contributed by atoms with E-state index in [2.05, 4.69) is 10.6 Å². The Kier molecular flexibility index (Phi) is 5.97. The summed E-state index contributed by atoms with van der Waals surface area (Å²) >= 11 is 0. The minimum Gasteiger partial charge on any atom is -0.495 e. The zero-order chi connectivity index (χ0) is 16.9. The largest absolute Gasteiger partial charge is 0.495 e. The second kappa shape index (κ2) is 7.76. The molecule has 0 spiro atoms. The number of hydrogen-bond acceptors (Lipinski definition) is 5. The number of nitrogens with one attached hydrogen (secondary N) is 2. The van der Waals surface area contributed by atoms with Crippen molar-refractivity contribution in [2.45, 2.75) is 17.7 Å². The molecule has 0 aromatic heterocycles. The first kappa shape index (κ1) is 17.7. The number of methoxy groups -OCH3 is 1. The van der Waals surface area contributed by atoms with Gasteiger partial charge in [-0.1, -0.05) is 0 Å². The van der Waals surface area contributed by atoms with Crippen LogP contribution < -0.4 is 15.4 Å². The van der Waals surface area contributed by atoms with E-state index >= 15 is 0 Å². The molecule has 8 heteroatoms. The van der Waals surface area contributed by atoms with E-state index in [4.69, 9.17) is 4.74 Å². The van der Waals surface area contributed by atoms with E-state index in [-0.39, 0.29) is 16.6 Å². The molecule has 1 aliphatic rings. The van der Waals surface area contributed by atoms with Gasteiger partial charge in [-0.25, -0.2) is 8.42 Å². The Morgan fingerprint density at radius 1 is 1.26 bits per heavy atom. The molecule has 0 radical (unpaired) electrons. The highest BCUT2D eigenvalue weighted by Gasteiger charge is 2.30. The Bertz CT molecular complexity index is 655. The maximum absolute atomic E-state index is 12.8. The number of benzene rings is 1. The van der Waals surface area contributed by atoms with E-state index in [1.165, 1.54) is 23.5 Å². The van der Waals surface area contributed by atoms with Crippen LogP contribution in [0.4, 0.5) is 0 Å². The fourth-order valence-electron chi connectivity index (χ4n) is 2.49. The van der Waals surface area contributed by atoms with Crippen molar-refractivity contribution in [3.8, 4) is 5.75 Å². The first-order chi connectivity index (χ1) is 11.0. The fourth-order valence-corrected chi connectivity index (χ4v) is 4.19. The molecule has 23 heavy (non-hydrogen) atoms. The van der Waals surface area contributed by atoms with Crippen molar-refractivity contribution >= 4 is 15.9 Å². The third-order valence-corrected chi connectivity index (χ3v) is 5.69. The zero-order valence-corrected chi connectivity index (χ0v) is 14.3. The van der Waals surface area contributed by atoms with Gasteiger partial charge in [0.15, 0.2) is 0 Å². The Morgan fingerprint density at radius 3 is 2.57 bits per heavy atom. The van der Waals surface area contributed by atoms with Gasteiger partial charge < -0.3 is 15.4 Å². The minimum atomic E-state index is -3.65. The highest BCUT2D eigenvalue weighted by molar-refractivity contribution is 7.89. The van der Waals surface area contributed by atoms with E-state index in [0.717, 1.165) is 12.8 Å². The van der Waals surface area contributed by atoms with Crippen molar-refractivity contribution < 1.29 is 17.9 Å². The molecule has 0 aliphatic carbocycles. The smallest absolute Gasteiger partial charge is 0.251 e. The van der Waals surface area contributed by atoms with Crippen molar-refractivity contribution in [3.05, 3.63) is 23.8 Å². The molecule has 1 fully saturated rings. The van der Waals surface area contributed by atoms with Crippen LogP contribution in [0.5, 0.6) is 5.75 Å². The fraction of sp³-hybridized carbons (Fsp3) is 0.533. The summed E-state index contributed by atoms with van der Waals surface area (Å²) in [6.45, 7) is 2.12. The normalized spacial score (nSPS) is 15.6. The SMILES string of the molecule is CNCCNC(=O)c1ccc(OC)c(S(=O)(=O)N2CCCC2)c1. The molecule has 1 aromatic rings. The molecule has 0 bridgehead atoms. The zero-order valence-electron chi connectivity index (χ0n) is 13.5. The van der Waals surface area contributed by atoms with E-state index in [9.17, 15) is 13.2 Å². The van der Waals surface area contributed by atoms with Gasteiger partial charge in [-0.05, 0) is 38.1 Å². The molecule has 1 aromatic carbocycles. The molecule has 128 valence electrons. The molecule has 7 nitrogen and oxygen atoms in total. The molecule has 2 N–H and O–H groups in total. The number of carbonyl (C=O) groups is 1. The summed E-state index contributed by atoms with van der Waals surface area (Å²) in [5.41, 5.74) is 0.305. The van der Waals surface area contributed by atoms with Crippen LogP contribution in [0.3, 0.4) is 0 Å². The number of nitrogens with zero attached hydrogens (tertiary/aromatic N) is 1. The summed E-state index contributed by atoms with van der Waals surface area (Å²) in [7, 11) is -0.433. The van der Waals surface area contributed by atoms with Crippen LogP contribution in [0.25, 0.3) is 0 Å². The molecule has 1 amide bonds. The van der Waals surface area contributed by atoms with Crippen LogP contribution in [0.1, 0.15) is 23.2 Å². The molecule has 0 atom stereocenters. The van der Waals surface area contributed by atoms with Gasteiger partial charge >= 0.3 is 0 Å². The van der Waals surface area contributed by atoms with Crippen LogP contribution in [-0.4, -0.2) is 59.0 Å². The van der Waals surface area contributed by atoms with Crippen molar-refractivity contribution in [1.82, 2.24) is 14.9 Å². The quantitative estimate of drug-likeness (QED) is 0.702. The highest BCUT2D eigenvalue weighted by atomic mass is 32.2. The third-order valence-electron chi connectivity index (χ3n) is 3.77. The number of ether oxygens (including phenoxy) is 1. The van der Waals surface area contributed by atoms with E-state index < -0.39 is 10.0 Å². The van der Waals surface area contributed by atoms with Crippen LogP contribution >= 0.6 is 0 Å². The number of amides is 1. The molecule has 0 saturated carbocycles. The van der Waals surface area contributed by atoms with E-state index in [0.29, 0.717) is 31.7 Å². The Morgan fingerprint density at radius 2 is 1.96 bits per heavy atom. The Balaban J connectivity index is 2.30. The van der Waals surface area contributed by atoms with Crippen LogP contribution in [-0.2, 0) is 10.0 Å². The van der Waals surface area contributed by atoms with Gasteiger partial charge in [0.05, 0.1) is 7.11 Å². The molecular weight excluding hydrogens is 318 g/mol. The lowest BCUT2D eigenvalue weighted by molar-refractivity contribution is 0.0954. The number of likely N-dealkylation sites (N-methyl/N-ethyl adjacent to an activating group) is 1. The van der Waals surface area contributed by atoms with Crippen LogP contribution in [0, 0.1) is 0 Å². The van der Waals surface area contributed by atoms with E-state index in [1.807, 2.05) is 0 Å². The maximum Gasteiger partial charge on any atom is 0.251 e. The molecule has 2 rings (SSSR count). The number of rotatable bonds is 7. The van der Waals surface area contributed by atoms with Gasteiger partial charge in [-0.3, -0.25) is 4.79 Å². The summed E-state index contributed by atoms with van der Waals surface area (Å²) in [4.78, 5) is 12.2. The average molecular weight is 341 g/mol. The summed E-state index contributed by atoms with van der Waals surface area (Å²) in [5.74, 6) is -0.0514. The molecule has 1 heterocycles. The third kappa shape index (κ3) is 4.01. The van der Waals surface area contributed by atoms with Gasteiger partial charge in [0.25, 0.3) is 5.91 Å². The van der Waals surface area contributed by atoms with Crippen molar-refractivity contribution in [2.24, 2.45) is 0 Å². The van der Waals surface area contributed by atoms with Crippen molar-refractivity contribution in [2.75, 3.05) is 40.3 Å². The maximum atomic E-state index is 12.8. The van der Waals surface area contributed by atoms with Crippen molar-refractivity contribution in [3.63, 3.8) is 0 Å². The second-order valence-corrected chi connectivity index (χ2v) is 7.24. The van der Waals surface area contributed by atoms with Crippen LogP contribution in [0.2, 0.25) is 0 Å². The predicted molar refractivity (Wildman–Crippen MR) is 87.2 cm³/mol. The number of hydrogen-bond donors (Lipinski definition) is 2. The van der Waals surface area contributed by atoms with Gasteiger partial charge in [0.1, 0.15) is 10.6 Å². The monoisotopic (exact) mass is 341 g/mol. The van der Waals surface area contributed by atoms with Crippen molar-refractivity contribution in [1.29, 1.82) is 0 Å². The predicted octanol–water partition coefficient (Wildman–Crippen LogP) is 0.429. The lowest BCUT2D eigenvalue weighted by Gasteiger charge is -2.18. The highest BCUT2D eigenvalue weighted by Crippen LogP contribution is 2.29. The topological polar surface area (TPSA) is 87.7 Å². The summed E-state index contributed by atoms with van der Waals surface area (Å²) in [6, 6.07) is 4.48. The molecule has 1 saturated heterocycles. The lowest BCUT2D eigenvalue weighted by Crippen LogP contribution is -2.31. The van der Waals surface area contributed by atoms with Gasteiger partial charge in [0.2, 0.25) is 10.0 Å². The summed E-state index contributed by atoms with van der Waals surface area (Å²) < 4.78 is 32.1. The minimum absolute atomic E-state index is 0.0446. The van der Waals surface area contributed by atoms with Gasteiger partial charge in [-0.15, -0.1) is 0 Å². The van der Waals surface area contributed by atoms with Gasteiger partial charge in [0, 0.05) is 31.7 Å². The first-order valence-electron chi connectivity index (χ1n) is 7.61.